The van der Waals surface area contributed by atoms with Gasteiger partial charge in [-0.1, -0.05) is 30.0 Å². The van der Waals surface area contributed by atoms with E-state index in [4.69, 9.17) is 5.73 Å². The van der Waals surface area contributed by atoms with Crippen molar-refractivity contribution in [2.75, 3.05) is 6.54 Å². The van der Waals surface area contributed by atoms with Crippen molar-refractivity contribution in [1.29, 1.82) is 0 Å². The van der Waals surface area contributed by atoms with E-state index < -0.39 is 0 Å². The van der Waals surface area contributed by atoms with Crippen molar-refractivity contribution in [2.24, 2.45) is 5.73 Å². The lowest BCUT2D eigenvalue weighted by atomic mass is 10.1. The molecule has 0 aliphatic rings. The molecule has 0 radical (unpaired) electrons. The highest BCUT2D eigenvalue weighted by Crippen LogP contribution is 2.29. The van der Waals surface area contributed by atoms with Crippen molar-refractivity contribution in [3.05, 3.63) is 54.4 Å². The van der Waals surface area contributed by atoms with E-state index in [2.05, 4.69) is 29.2 Å². The summed E-state index contributed by atoms with van der Waals surface area (Å²) in [7, 11) is 0. The third-order valence-electron chi connectivity index (χ3n) is 2.26. The summed E-state index contributed by atoms with van der Waals surface area (Å²) in [4.78, 5) is 6.50. The van der Waals surface area contributed by atoms with Gasteiger partial charge in [0.1, 0.15) is 0 Å². The van der Waals surface area contributed by atoms with Crippen molar-refractivity contribution in [3.63, 3.8) is 0 Å². The molecule has 0 fully saturated rings. The lowest BCUT2D eigenvalue weighted by Gasteiger charge is -2.07. The van der Waals surface area contributed by atoms with Crippen molar-refractivity contribution >= 4 is 11.8 Å². The molecule has 2 aromatic rings. The summed E-state index contributed by atoms with van der Waals surface area (Å²) in [6, 6.07) is 12.4. The van der Waals surface area contributed by atoms with Gasteiger partial charge in [-0.05, 0) is 36.7 Å². The van der Waals surface area contributed by atoms with Gasteiger partial charge in [0.15, 0.2) is 0 Å². The minimum atomic E-state index is 0.688. The molecule has 2 rings (SSSR count). The second-order valence-corrected chi connectivity index (χ2v) is 4.55. The van der Waals surface area contributed by atoms with Crippen LogP contribution in [-0.4, -0.2) is 11.5 Å². The standard InChI is InChI=1S/C13H14N2S/c14-8-5-11-3-1-2-4-13(11)16-12-6-9-15-10-7-12/h1-4,6-7,9-10H,5,8,14H2. The van der Waals surface area contributed by atoms with Crippen molar-refractivity contribution in [2.45, 2.75) is 16.2 Å². The Morgan fingerprint density at radius 1 is 1.06 bits per heavy atom. The third-order valence-corrected chi connectivity index (χ3v) is 3.39. The van der Waals surface area contributed by atoms with Crippen molar-refractivity contribution < 1.29 is 0 Å². The number of hydrogen-bond donors (Lipinski definition) is 1. The highest BCUT2D eigenvalue weighted by Gasteiger charge is 2.02. The Hall–Kier alpha value is -1.32. The molecule has 0 bridgehead atoms. The number of nitrogens with zero attached hydrogens (tertiary/aromatic N) is 1. The molecular formula is C13H14N2S. The van der Waals surface area contributed by atoms with Gasteiger partial charge >= 0.3 is 0 Å². The van der Waals surface area contributed by atoms with Gasteiger partial charge < -0.3 is 5.73 Å². The van der Waals surface area contributed by atoms with E-state index in [1.54, 1.807) is 11.8 Å². The number of aromatic nitrogens is 1. The van der Waals surface area contributed by atoms with Crippen LogP contribution < -0.4 is 5.73 Å². The smallest absolute Gasteiger partial charge is 0.0279 e. The minimum Gasteiger partial charge on any atom is -0.330 e. The van der Waals surface area contributed by atoms with Crippen LogP contribution in [0.2, 0.25) is 0 Å². The predicted molar refractivity (Wildman–Crippen MR) is 67.6 cm³/mol. The fourth-order valence-electron chi connectivity index (χ4n) is 1.50. The van der Waals surface area contributed by atoms with Crippen molar-refractivity contribution in [3.8, 4) is 0 Å². The number of hydrogen-bond acceptors (Lipinski definition) is 3. The first-order valence-corrected chi connectivity index (χ1v) is 6.07. The minimum absolute atomic E-state index is 0.688. The first-order valence-electron chi connectivity index (χ1n) is 5.26. The summed E-state index contributed by atoms with van der Waals surface area (Å²) in [5.41, 5.74) is 6.92. The summed E-state index contributed by atoms with van der Waals surface area (Å²) < 4.78 is 0. The highest BCUT2D eigenvalue weighted by atomic mass is 32.2. The van der Waals surface area contributed by atoms with Gasteiger partial charge in [0, 0.05) is 22.2 Å². The van der Waals surface area contributed by atoms with Gasteiger partial charge in [0.2, 0.25) is 0 Å². The van der Waals surface area contributed by atoms with Gasteiger partial charge in [-0.25, -0.2) is 0 Å². The van der Waals surface area contributed by atoms with Crippen LogP contribution in [0.4, 0.5) is 0 Å². The summed E-state index contributed by atoms with van der Waals surface area (Å²) in [6.07, 6.45) is 4.55. The molecule has 0 spiro atoms. The molecule has 2 nitrogen and oxygen atoms in total. The Morgan fingerprint density at radius 3 is 2.56 bits per heavy atom. The summed E-state index contributed by atoms with van der Waals surface area (Å²) in [5, 5.41) is 0. The fourth-order valence-corrected chi connectivity index (χ4v) is 2.46. The molecule has 16 heavy (non-hydrogen) atoms. The normalized spacial score (nSPS) is 10.3. The van der Waals surface area contributed by atoms with E-state index in [-0.39, 0.29) is 0 Å². The zero-order valence-electron chi connectivity index (χ0n) is 8.97. The van der Waals surface area contributed by atoms with Gasteiger partial charge in [-0.2, -0.15) is 0 Å². The largest absolute Gasteiger partial charge is 0.330 e. The van der Waals surface area contributed by atoms with E-state index >= 15 is 0 Å². The summed E-state index contributed by atoms with van der Waals surface area (Å²) in [6.45, 7) is 0.688. The molecule has 0 saturated heterocycles. The van der Waals surface area contributed by atoms with E-state index in [1.165, 1.54) is 15.4 Å². The van der Waals surface area contributed by atoms with Crippen LogP contribution in [-0.2, 0) is 6.42 Å². The second kappa shape index (κ2) is 5.68. The van der Waals surface area contributed by atoms with Crippen LogP contribution in [0.15, 0.2) is 58.6 Å². The Labute approximate surface area is 99.9 Å². The highest BCUT2D eigenvalue weighted by molar-refractivity contribution is 7.99. The summed E-state index contributed by atoms with van der Waals surface area (Å²) >= 11 is 1.76. The van der Waals surface area contributed by atoms with Crippen LogP contribution in [0.25, 0.3) is 0 Å². The van der Waals surface area contributed by atoms with E-state index in [1.807, 2.05) is 24.5 Å². The molecular weight excluding hydrogens is 216 g/mol. The second-order valence-electron chi connectivity index (χ2n) is 3.43. The average molecular weight is 230 g/mol. The fraction of sp³-hybridized carbons (Fsp3) is 0.154. The number of pyridine rings is 1. The molecule has 1 aromatic heterocycles. The first kappa shape index (κ1) is 11.2. The molecule has 0 aliphatic heterocycles. The monoisotopic (exact) mass is 230 g/mol. The van der Waals surface area contributed by atoms with E-state index in [0.717, 1.165) is 6.42 Å². The molecule has 0 aliphatic carbocycles. The zero-order valence-corrected chi connectivity index (χ0v) is 9.78. The molecule has 3 heteroatoms. The molecule has 1 heterocycles. The first-order chi connectivity index (χ1) is 7.90. The van der Waals surface area contributed by atoms with Crippen LogP contribution in [0.3, 0.4) is 0 Å². The number of nitrogens with two attached hydrogens (primary N) is 1. The Balaban J connectivity index is 2.21. The number of rotatable bonds is 4. The van der Waals surface area contributed by atoms with Crippen LogP contribution in [0, 0.1) is 0 Å². The molecule has 1 aromatic carbocycles. The van der Waals surface area contributed by atoms with E-state index in [0.29, 0.717) is 6.54 Å². The van der Waals surface area contributed by atoms with Crippen LogP contribution in [0.1, 0.15) is 5.56 Å². The topological polar surface area (TPSA) is 38.9 Å². The van der Waals surface area contributed by atoms with Gasteiger partial charge in [0.25, 0.3) is 0 Å². The molecule has 0 saturated carbocycles. The lowest BCUT2D eigenvalue weighted by Crippen LogP contribution is -2.03. The molecule has 82 valence electrons. The molecule has 0 atom stereocenters. The predicted octanol–water partition coefficient (Wildman–Crippen LogP) is 2.73. The molecule has 2 N–H and O–H groups in total. The van der Waals surface area contributed by atoms with Crippen LogP contribution in [0.5, 0.6) is 0 Å². The zero-order chi connectivity index (χ0) is 11.2. The number of benzene rings is 1. The SMILES string of the molecule is NCCc1ccccc1Sc1ccncc1. The Morgan fingerprint density at radius 2 is 1.81 bits per heavy atom. The molecule has 0 amide bonds. The summed E-state index contributed by atoms with van der Waals surface area (Å²) in [5.74, 6) is 0. The van der Waals surface area contributed by atoms with Gasteiger partial charge in [-0.15, -0.1) is 0 Å². The quantitative estimate of drug-likeness (QED) is 0.877. The third kappa shape index (κ3) is 2.84. The van der Waals surface area contributed by atoms with Crippen LogP contribution >= 0.6 is 11.8 Å². The van der Waals surface area contributed by atoms with Gasteiger partial charge in [-0.3, -0.25) is 4.98 Å². The average Bonchev–Trinajstić information content (AvgIpc) is 2.33. The van der Waals surface area contributed by atoms with Crippen molar-refractivity contribution in [1.82, 2.24) is 4.98 Å². The maximum atomic E-state index is 5.60. The molecule has 0 unspecified atom stereocenters. The van der Waals surface area contributed by atoms with Gasteiger partial charge in [0.05, 0.1) is 0 Å². The van der Waals surface area contributed by atoms with E-state index in [9.17, 15) is 0 Å². The lowest BCUT2D eigenvalue weighted by molar-refractivity contribution is 0.944. The maximum Gasteiger partial charge on any atom is 0.0279 e. The Bertz CT molecular complexity index is 443. The Kier molecular flexibility index (Phi) is 3.97. The maximum absolute atomic E-state index is 5.60.